The molecule has 0 aliphatic heterocycles. The lowest BCUT2D eigenvalue weighted by atomic mass is 10.3. The van der Waals surface area contributed by atoms with Crippen molar-refractivity contribution in [3.8, 4) is 0 Å². The zero-order chi connectivity index (χ0) is 16.9. The number of hydrogen-bond donors (Lipinski definition) is 2. The van der Waals surface area contributed by atoms with Crippen LogP contribution >= 0.6 is 23.2 Å². The number of nitrogens with zero attached hydrogens (tertiary/aromatic N) is 2. The van der Waals surface area contributed by atoms with E-state index in [1.54, 1.807) is 42.5 Å². The van der Waals surface area contributed by atoms with Crippen LogP contribution in [0.15, 0.2) is 60.7 Å². The molecule has 7 heteroatoms. The molecule has 2 N–H and O–H groups in total. The van der Waals surface area contributed by atoms with E-state index in [9.17, 15) is 4.79 Å². The van der Waals surface area contributed by atoms with Gasteiger partial charge in [-0.15, -0.1) is 10.2 Å². The summed E-state index contributed by atoms with van der Waals surface area (Å²) in [6, 6.07) is 17.3. The monoisotopic (exact) mass is 358 g/mol. The van der Waals surface area contributed by atoms with Crippen molar-refractivity contribution in [3.63, 3.8) is 0 Å². The van der Waals surface area contributed by atoms with Gasteiger partial charge in [0.1, 0.15) is 0 Å². The van der Waals surface area contributed by atoms with Gasteiger partial charge in [-0.05, 0) is 48.5 Å². The zero-order valence-corrected chi connectivity index (χ0v) is 13.8. The van der Waals surface area contributed by atoms with E-state index >= 15 is 0 Å². The molecule has 3 aromatic rings. The molecule has 0 fully saturated rings. The quantitative estimate of drug-likeness (QED) is 0.704. The Kier molecular flexibility index (Phi) is 4.93. The average Bonchev–Trinajstić information content (AvgIpc) is 2.59. The van der Waals surface area contributed by atoms with E-state index in [4.69, 9.17) is 23.2 Å². The van der Waals surface area contributed by atoms with Crippen LogP contribution in [0.25, 0.3) is 0 Å². The number of amides is 1. The molecule has 0 atom stereocenters. The predicted molar refractivity (Wildman–Crippen MR) is 96.2 cm³/mol. The third kappa shape index (κ3) is 4.01. The van der Waals surface area contributed by atoms with Gasteiger partial charge in [0.05, 0.1) is 10.7 Å². The third-order valence-electron chi connectivity index (χ3n) is 3.14. The van der Waals surface area contributed by atoms with Crippen molar-refractivity contribution >= 4 is 46.3 Å². The molecule has 0 spiro atoms. The number of benzene rings is 2. The third-order valence-corrected chi connectivity index (χ3v) is 3.72. The van der Waals surface area contributed by atoms with Crippen LogP contribution in [0.1, 0.15) is 10.5 Å². The summed E-state index contributed by atoms with van der Waals surface area (Å²) >= 11 is 11.9. The summed E-state index contributed by atoms with van der Waals surface area (Å²) in [7, 11) is 0. The highest BCUT2D eigenvalue weighted by Gasteiger charge is 2.09. The molecule has 0 aliphatic rings. The molecule has 1 aromatic heterocycles. The fourth-order valence-corrected chi connectivity index (χ4v) is 2.26. The minimum Gasteiger partial charge on any atom is -0.338 e. The van der Waals surface area contributed by atoms with Gasteiger partial charge in [0.2, 0.25) is 0 Å². The number of halogens is 2. The standard InChI is InChI=1S/C17H12Cl2N4O/c18-11-5-7-12(8-6-11)20-17(24)15-9-10-16(23-22-15)21-14-4-2-1-3-13(14)19/h1-10H,(H,20,24)(H,21,23). The van der Waals surface area contributed by atoms with Crippen molar-refractivity contribution in [1.82, 2.24) is 10.2 Å². The summed E-state index contributed by atoms with van der Waals surface area (Å²) < 4.78 is 0. The maximum atomic E-state index is 12.1. The Morgan fingerprint density at radius 2 is 1.62 bits per heavy atom. The molecular formula is C17H12Cl2N4O. The van der Waals surface area contributed by atoms with Crippen molar-refractivity contribution in [2.45, 2.75) is 0 Å². The van der Waals surface area contributed by atoms with Crippen LogP contribution < -0.4 is 10.6 Å². The van der Waals surface area contributed by atoms with Gasteiger partial charge >= 0.3 is 0 Å². The van der Waals surface area contributed by atoms with Gasteiger partial charge in [-0.1, -0.05) is 35.3 Å². The molecule has 0 aliphatic carbocycles. The Morgan fingerprint density at radius 3 is 2.29 bits per heavy atom. The second kappa shape index (κ2) is 7.29. The van der Waals surface area contributed by atoms with Crippen LogP contribution in [-0.4, -0.2) is 16.1 Å². The predicted octanol–water partition coefficient (Wildman–Crippen LogP) is 4.78. The van der Waals surface area contributed by atoms with Crippen LogP contribution in [0, 0.1) is 0 Å². The lowest BCUT2D eigenvalue weighted by Crippen LogP contribution is -2.14. The summed E-state index contributed by atoms with van der Waals surface area (Å²) in [6.07, 6.45) is 0. The molecule has 24 heavy (non-hydrogen) atoms. The van der Waals surface area contributed by atoms with Crippen molar-refractivity contribution < 1.29 is 4.79 Å². The molecule has 5 nitrogen and oxygen atoms in total. The first kappa shape index (κ1) is 16.2. The molecule has 2 aromatic carbocycles. The smallest absolute Gasteiger partial charge is 0.276 e. The number of carbonyl (C=O) groups excluding carboxylic acids is 1. The second-order valence-electron chi connectivity index (χ2n) is 4.87. The Morgan fingerprint density at radius 1 is 0.875 bits per heavy atom. The summed E-state index contributed by atoms with van der Waals surface area (Å²) in [4.78, 5) is 12.1. The number of hydrogen-bond acceptors (Lipinski definition) is 4. The normalized spacial score (nSPS) is 10.2. The molecule has 1 heterocycles. The van der Waals surface area contributed by atoms with Gasteiger partial charge in [-0.25, -0.2) is 0 Å². The van der Waals surface area contributed by atoms with E-state index in [1.165, 1.54) is 0 Å². The zero-order valence-electron chi connectivity index (χ0n) is 12.3. The lowest BCUT2D eigenvalue weighted by molar-refractivity contribution is 0.102. The van der Waals surface area contributed by atoms with Crippen LogP contribution in [0.5, 0.6) is 0 Å². The maximum Gasteiger partial charge on any atom is 0.276 e. The van der Waals surface area contributed by atoms with Gasteiger partial charge in [0.15, 0.2) is 11.5 Å². The number of para-hydroxylation sites is 1. The number of anilines is 3. The molecule has 0 saturated heterocycles. The van der Waals surface area contributed by atoms with Crippen LogP contribution in [0.3, 0.4) is 0 Å². The van der Waals surface area contributed by atoms with Crippen molar-refractivity contribution in [2.24, 2.45) is 0 Å². The van der Waals surface area contributed by atoms with E-state index in [1.807, 2.05) is 18.2 Å². The minimum absolute atomic E-state index is 0.203. The Labute approximate surface area is 148 Å². The fraction of sp³-hybridized carbons (Fsp3) is 0. The summed E-state index contributed by atoms with van der Waals surface area (Å²) in [5.74, 6) is 0.139. The Balaban J connectivity index is 1.68. The topological polar surface area (TPSA) is 66.9 Å². The minimum atomic E-state index is -0.353. The Hall–Kier alpha value is -2.63. The highest BCUT2D eigenvalue weighted by Crippen LogP contribution is 2.23. The SMILES string of the molecule is O=C(Nc1ccc(Cl)cc1)c1ccc(Nc2ccccc2Cl)nn1. The summed E-state index contributed by atoms with van der Waals surface area (Å²) in [6.45, 7) is 0. The fourth-order valence-electron chi connectivity index (χ4n) is 1.95. The van der Waals surface area contributed by atoms with E-state index in [2.05, 4.69) is 20.8 Å². The summed E-state index contributed by atoms with van der Waals surface area (Å²) in [5.41, 5.74) is 1.55. The van der Waals surface area contributed by atoms with Crippen LogP contribution in [-0.2, 0) is 0 Å². The average molecular weight is 359 g/mol. The van der Waals surface area contributed by atoms with E-state index < -0.39 is 0 Å². The maximum absolute atomic E-state index is 12.1. The molecule has 3 rings (SSSR count). The number of nitrogens with one attached hydrogen (secondary N) is 2. The van der Waals surface area contributed by atoms with Gasteiger partial charge in [-0.3, -0.25) is 4.79 Å². The van der Waals surface area contributed by atoms with Crippen molar-refractivity contribution in [1.29, 1.82) is 0 Å². The molecular weight excluding hydrogens is 347 g/mol. The number of carbonyl (C=O) groups is 1. The molecule has 120 valence electrons. The van der Waals surface area contributed by atoms with Gasteiger partial charge in [0.25, 0.3) is 5.91 Å². The Bertz CT molecular complexity index is 851. The van der Waals surface area contributed by atoms with E-state index in [-0.39, 0.29) is 11.6 Å². The van der Waals surface area contributed by atoms with Crippen molar-refractivity contribution in [3.05, 3.63) is 76.4 Å². The number of rotatable bonds is 4. The van der Waals surface area contributed by atoms with Crippen molar-refractivity contribution in [2.75, 3.05) is 10.6 Å². The molecule has 0 saturated carbocycles. The first-order valence-corrected chi connectivity index (χ1v) is 7.79. The molecule has 0 bridgehead atoms. The van der Waals surface area contributed by atoms with Gasteiger partial charge in [-0.2, -0.15) is 0 Å². The molecule has 0 radical (unpaired) electrons. The lowest BCUT2D eigenvalue weighted by Gasteiger charge is -2.07. The van der Waals surface area contributed by atoms with Gasteiger partial charge < -0.3 is 10.6 Å². The molecule has 0 unspecified atom stereocenters. The van der Waals surface area contributed by atoms with Gasteiger partial charge in [0, 0.05) is 10.7 Å². The number of aromatic nitrogens is 2. The van der Waals surface area contributed by atoms with Crippen LogP contribution in [0.2, 0.25) is 10.0 Å². The highest BCUT2D eigenvalue weighted by molar-refractivity contribution is 6.33. The first-order chi connectivity index (χ1) is 11.6. The van der Waals surface area contributed by atoms with Crippen LogP contribution in [0.4, 0.5) is 17.2 Å². The largest absolute Gasteiger partial charge is 0.338 e. The summed E-state index contributed by atoms with van der Waals surface area (Å²) in [5, 5.41) is 14.9. The highest BCUT2D eigenvalue weighted by atomic mass is 35.5. The van der Waals surface area contributed by atoms with E-state index in [0.717, 1.165) is 0 Å². The molecule has 1 amide bonds. The second-order valence-corrected chi connectivity index (χ2v) is 5.71. The first-order valence-electron chi connectivity index (χ1n) is 7.04. The van der Waals surface area contributed by atoms with E-state index in [0.29, 0.717) is 27.2 Å².